The molecule has 2 rings (SSSR count). The normalized spacial score (nSPS) is 19.5. The molecule has 1 amide bonds. The van der Waals surface area contributed by atoms with Crippen LogP contribution in [0.15, 0.2) is 30.3 Å². The van der Waals surface area contributed by atoms with Crippen molar-refractivity contribution < 1.29 is 14.3 Å². The molecule has 0 unspecified atom stereocenters. The van der Waals surface area contributed by atoms with Crippen molar-refractivity contribution in [3.05, 3.63) is 35.9 Å². The van der Waals surface area contributed by atoms with Gasteiger partial charge in [-0.25, -0.2) is 4.79 Å². The van der Waals surface area contributed by atoms with Gasteiger partial charge in [0.1, 0.15) is 6.61 Å². The molecule has 1 saturated heterocycles. The topological polar surface area (TPSA) is 55.4 Å². The van der Waals surface area contributed by atoms with Gasteiger partial charge in [0.25, 0.3) is 0 Å². The van der Waals surface area contributed by atoms with Gasteiger partial charge in [-0.15, -0.1) is 0 Å². The smallest absolute Gasteiger partial charge is 0.407 e. The van der Waals surface area contributed by atoms with Crippen LogP contribution in [0, 0.1) is 0 Å². The Morgan fingerprint density at radius 2 is 2.13 bits per heavy atom. The average Bonchev–Trinajstić information content (AvgIpc) is 2.65. The predicted octanol–water partition coefficient (Wildman–Crippen LogP) is 1.37. The maximum atomic E-state index is 11.7. The molecule has 1 fully saturated rings. The number of ether oxygens (including phenoxy) is 1. The van der Waals surface area contributed by atoms with Crippen LogP contribution >= 0.6 is 0 Å². The number of ketones is 1. The van der Waals surface area contributed by atoms with Gasteiger partial charge in [-0.3, -0.25) is 4.79 Å². The number of carbonyl (C=O) groups excluding carboxylic acids is 2. The summed E-state index contributed by atoms with van der Waals surface area (Å²) in [4.78, 5) is 22.4. The minimum absolute atomic E-state index is 0.0198. The van der Waals surface area contributed by atoms with Crippen molar-refractivity contribution in [2.75, 3.05) is 6.61 Å². The van der Waals surface area contributed by atoms with Crippen molar-refractivity contribution in [3.63, 3.8) is 0 Å². The first-order valence-electron chi connectivity index (χ1n) is 4.77. The van der Waals surface area contributed by atoms with Crippen LogP contribution in [0.25, 0.3) is 0 Å². The molecule has 15 heavy (non-hydrogen) atoms. The van der Waals surface area contributed by atoms with Crippen molar-refractivity contribution >= 4 is 11.9 Å². The lowest BCUT2D eigenvalue weighted by atomic mass is 10.0. The monoisotopic (exact) mass is 205 g/mol. The van der Waals surface area contributed by atoms with E-state index in [0.29, 0.717) is 5.56 Å². The van der Waals surface area contributed by atoms with E-state index in [1.54, 1.807) is 12.1 Å². The second-order valence-electron chi connectivity index (χ2n) is 3.43. The van der Waals surface area contributed by atoms with Crippen molar-refractivity contribution in [3.8, 4) is 0 Å². The number of alkyl carbamates (subject to hydrolysis) is 1. The summed E-state index contributed by atoms with van der Waals surface area (Å²) in [5.74, 6) is 0.0198. The molecule has 0 spiro atoms. The third-order valence-corrected chi connectivity index (χ3v) is 2.27. The molecule has 0 saturated carbocycles. The van der Waals surface area contributed by atoms with Gasteiger partial charge >= 0.3 is 6.09 Å². The molecule has 1 aliphatic heterocycles. The second kappa shape index (κ2) is 4.13. The summed E-state index contributed by atoms with van der Waals surface area (Å²) in [6, 6.07) is 8.83. The van der Waals surface area contributed by atoms with E-state index in [-0.39, 0.29) is 24.9 Å². The van der Waals surface area contributed by atoms with E-state index >= 15 is 0 Å². The Hall–Kier alpha value is -1.84. The van der Waals surface area contributed by atoms with Gasteiger partial charge in [0, 0.05) is 12.0 Å². The first-order valence-corrected chi connectivity index (χ1v) is 4.77. The first kappa shape index (κ1) is 9.71. The zero-order valence-corrected chi connectivity index (χ0v) is 8.10. The molecule has 0 radical (unpaired) electrons. The Bertz CT molecular complexity index is 375. The van der Waals surface area contributed by atoms with Crippen LogP contribution in [0.4, 0.5) is 4.79 Å². The number of Topliss-reactive ketones (excluding diaryl/α,β-unsaturated/α-hetero) is 1. The van der Waals surface area contributed by atoms with E-state index in [0.717, 1.165) is 0 Å². The third-order valence-electron chi connectivity index (χ3n) is 2.27. The van der Waals surface area contributed by atoms with Crippen LogP contribution < -0.4 is 5.32 Å². The SMILES string of the molecule is O=C1N[C@H](CC(=O)c2ccccc2)CO1. The Kier molecular flexibility index (Phi) is 2.67. The number of cyclic esters (lactones) is 1. The van der Waals surface area contributed by atoms with E-state index in [1.165, 1.54) is 0 Å². The number of nitrogens with one attached hydrogen (secondary N) is 1. The number of hydrogen-bond acceptors (Lipinski definition) is 3. The zero-order chi connectivity index (χ0) is 10.7. The number of hydrogen-bond donors (Lipinski definition) is 1. The summed E-state index contributed by atoms with van der Waals surface area (Å²) in [5, 5.41) is 2.57. The Balaban J connectivity index is 1.96. The third kappa shape index (κ3) is 2.34. The lowest BCUT2D eigenvalue weighted by molar-refractivity contribution is 0.0968. The standard InChI is InChI=1S/C11H11NO3/c13-10(8-4-2-1-3-5-8)6-9-7-15-11(14)12-9/h1-5,9H,6-7H2,(H,12,14)/t9-/m1/s1. The van der Waals surface area contributed by atoms with Gasteiger partial charge < -0.3 is 10.1 Å². The van der Waals surface area contributed by atoms with Gasteiger partial charge in [-0.05, 0) is 0 Å². The van der Waals surface area contributed by atoms with E-state index in [4.69, 9.17) is 4.74 Å². The minimum Gasteiger partial charge on any atom is -0.447 e. The molecule has 78 valence electrons. The molecular weight excluding hydrogens is 194 g/mol. The summed E-state index contributed by atoms with van der Waals surface area (Å²) in [7, 11) is 0. The van der Waals surface area contributed by atoms with Crippen molar-refractivity contribution in [2.45, 2.75) is 12.5 Å². The van der Waals surface area contributed by atoms with Crippen LogP contribution in [0.3, 0.4) is 0 Å². The van der Waals surface area contributed by atoms with E-state index in [1.807, 2.05) is 18.2 Å². The summed E-state index contributed by atoms with van der Waals surface area (Å²) < 4.78 is 4.70. The lowest BCUT2D eigenvalue weighted by Gasteiger charge is -2.05. The number of amides is 1. The highest BCUT2D eigenvalue weighted by Gasteiger charge is 2.24. The number of benzene rings is 1. The summed E-state index contributed by atoms with van der Waals surface area (Å²) in [5.41, 5.74) is 0.665. The highest BCUT2D eigenvalue weighted by Crippen LogP contribution is 2.08. The Morgan fingerprint density at radius 1 is 1.40 bits per heavy atom. The van der Waals surface area contributed by atoms with Crippen LogP contribution in [0.5, 0.6) is 0 Å². The average molecular weight is 205 g/mol. The fraction of sp³-hybridized carbons (Fsp3) is 0.273. The van der Waals surface area contributed by atoms with Crippen molar-refractivity contribution in [2.24, 2.45) is 0 Å². The van der Waals surface area contributed by atoms with Gasteiger partial charge in [0.15, 0.2) is 5.78 Å². The van der Waals surface area contributed by atoms with E-state index in [2.05, 4.69) is 5.32 Å². The molecule has 1 N–H and O–H groups in total. The molecule has 0 aliphatic carbocycles. The Morgan fingerprint density at radius 3 is 2.73 bits per heavy atom. The maximum Gasteiger partial charge on any atom is 0.407 e. The lowest BCUT2D eigenvalue weighted by Crippen LogP contribution is -2.28. The van der Waals surface area contributed by atoms with Crippen molar-refractivity contribution in [1.82, 2.24) is 5.32 Å². The minimum atomic E-state index is -0.444. The van der Waals surface area contributed by atoms with Crippen LogP contribution in [0.1, 0.15) is 16.8 Å². The van der Waals surface area contributed by atoms with Gasteiger partial charge in [0.2, 0.25) is 0 Å². The largest absolute Gasteiger partial charge is 0.447 e. The number of carbonyl (C=O) groups is 2. The highest BCUT2D eigenvalue weighted by molar-refractivity contribution is 5.96. The molecule has 1 aromatic carbocycles. The van der Waals surface area contributed by atoms with Gasteiger partial charge in [0.05, 0.1) is 6.04 Å². The molecule has 0 bridgehead atoms. The second-order valence-corrected chi connectivity index (χ2v) is 3.43. The van der Waals surface area contributed by atoms with Crippen LogP contribution in [0.2, 0.25) is 0 Å². The molecular formula is C11H11NO3. The van der Waals surface area contributed by atoms with Gasteiger partial charge in [-0.1, -0.05) is 30.3 Å². The molecule has 1 aliphatic rings. The summed E-state index contributed by atoms with van der Waals surface area (Å²) in [6.45, 7) is 0.275. The van der Waals surface area contributed by atoms with Crippen LogP contribution in [-0.2, 0) is 4.74 Å². The molecule has 1 atom stereocenters. The fourth-order valence-electron chi connectivity index (χ4n) is 1.50. The highest BCUT2D eigenvalue weighted by atomic mass is 16.6. The van der Waals surface area contributed by atoms with Crippen molar-refractivity contribution in [1.29, 1.82) is 0 Å². The van der Waals surface area contributed by atoms with Gasteiger partial charge in [-0.2, -0.15) is 0 Å². The number of rotatable bonds is 3. The molecule has 1 aromatic rings. The van der Waals surface area contributed by atoms with E-state index < -0.39 is 6.09 Å². The summed E-state index contributed by atoms with van der Waals surface area (Å²) >= 11 is 0. The zero-order valence-electron chi connectivity index (χ0n) is 8.10. The quantitative estimate of drug-likeness (QED) is 0.758. The molecule has 4 nitrogen and oxygen atoms in total. The summed E-state index contributed by atoms with van der Waals surface area (Å²) in [6.07, 6.45) is -0.156. The fourth-order valence-corrected chi connectivity index (χ4v) is 1.50. The first-order chi connectivity index (χ1) is 7.25. The molecule has 1 heterocycles. The van der Waals surface area contributed by atoms with Crippen LogP contribution in [-0.4, -0.2) is 24.5 Å². The molecule has 0 aromatic heterocycles. The molecule has 4 heteroatoms. The maximum absolute atomic E-state index is 11.7. The van der Waals surface area contributed by atoms with E-state index in [9.17, 15) is 9.59 Å². The predicted molar refractivity (Wildman–Crippen MR) is 53.7 cm³/mol. The Labute approximate surface area is 87.2 Å².